The molecule has 5 nitrogen and oxygen atoms in total. The summed E-state index contributed by atoms with van der Waals surface area (Å²) in [5, 5.41) is 8.40. The van der Waals surface area contributed by atoms with E-state index in [2.05, 4.69) is 59.7 Å². The standard InChI is InChI=1S/C24H23N3O2/c1-18-20(9-6-10-24(18)19-7-4-3-5-8-19)16-29-17-21-15-27(26-25-21)22-11-13-23(28-2)14-12-22/h3-15H,16-17H2,1-2H3. The van der Waals surface area contributed by atoms with Crippen LogP contribution in [0.15, 0.2) is 79.0 Å². The first-order valence-electron chi connectivity index (χ1n) is 9.52. The van der Waals surface area contributed by atoms with Gasteiger partial charge in [-0.2, -0.15) is 0 Å². The highest BCUT2D eigenvalue weighted by atomic mass is 16.5. The lowest BCUT2D eigenvalue weighted by Gasteiger charge is -2.11. The minimum atomic E-state index is 0.408. The summed E-state index contributed by atoms with van der Waals surface area (Å²) in [6.45, 7) is 3.08. The van der Waals surface area contributed by atoms with E-state index < -0.39 is 0 Å². The van der Waals surface area contributed by atoms with Gasteiger partial charge < -0.3 is 9.47 Å². The second kappa shape index (κ2) is 8.71. The summed E-state index contributed by atoms with van der Waals surface area (Å²) in [5.74, 6) is 0.811. The van der Waals surface area contributed by atoms with Crippen LogP contribution in [0, 0.1) is 6.92 Å². The van der Waals surface area contributed by atoms with Crippen LogP contribution in [0.1, 0.15) is 16.8 Å². The van der Waals surface area contributed by atoms with Gasteiger partial charge in [0.05, 0.1) is 32.2 Å². The van der Waals surface area contributed by atoms with Crippen LogP contribution < -0.4 is 4.74 Å². The minimum absolute atomic E-state index is 0.408. The fraction of sp³-hybridized carbons (Fsp3) is 0.167. The average molecular weight is 385 g/mol. The molecule has 0 radical (unpaired) electrons. The van der Waals surface area contributed by atoms with Crippen LogP contribution in [0.2, 0.25) is 0 Å². The van der Waals surface area contributed by atoms with E-state index in [1.54, 1.807) is 11.8 Å². The molecule has 0 N–H and O–H groups in total. The van der Waals surface area contributed by atoms with Crippen molar-refractivity contribution in [3.8, 4) is 22.6 Å². The maximum atomic E-state index is 5.93. The van der Waals surface area contributed by atoms with Crippen molar-refractivity contribution in [2.45, 2.75) is 20.1 Å². The minimum Gasteiger partial charge on any atom is -0.497 e. The van der Waals surface area contributed by atoms with Crippen molar-refractivity contribution in [2.24, 2.45) is 0 Å². The van der Waals surface area contributed by atoms with Crippen LogP contribution in [-0.4, -0.2) is 22.1 Å². The van der Waals surface area contributed by atoms with Crippen molar-refractivity contribution in [3.63, 3.8) is 0 Å². The van der Waals surface area contributed by atoms with Crippen LogP contribution in [0.4, 0.5) is 0 Å². The van der Waals surface area contributed by atoms with Crippen molar-refractivity contribution in [1.29, 1.82) is 0 Å². The second-order valence-electron chi connectivity index (χ2n) is 6.80. The maximum Gasteiger partial charge on any atom is 0.119 e. The number of nitrogens with zero attached hydrogens (tertiary/aromatic N) is 3. The van der Waals surface area contributed by atoms with E-state index in [4.69, 9.17) is 9.47 Å². The summed E-state index contributed by atoms with van der Waals surface area (Å²) in [7, 11) is 1.65. The number of hydrogen-bond donors (Lipinski definition) is 0. The molecule has 0 bridgehead atoms. The van der Waals surface area contributed by atoms with Crippen LogP contribution >= 0.6 is 0 Å². The molecule has 4 rings (SSSR count). The van der Waals surface area contributed by atoms with E-state index >= 15 is 0 Å². The normalized spacial score (nSPS) is 10.8. The summed E-state index contributed by atoms with van der Waals surface area (Å²) >= 11 is 0. The number of rotatable bonds is 7. The summed E-state index contributed by atoms with van der Waals surface area (Å²) < 4.78 is 12.8. The molecule has 0 aliphatic carbocycles. The highest BCUT2D eigenvalue weighted by molar-refractivity contribution is 5.68. The molecular weight excluding hydrogens is 362 g/mol. The van der Waals surface area contributed by atoms with E-state index in [9.17, 15) is 0 Å². The van der Waals surface area contributed by atoms with E-state index in [0.29, 0.717) is 13.2 Å². The van der Waals surface area contributed by atoms with Crippen molar-refractivity contribution in [1.82, 2.24) is 15.0 Å². The lowest BCUT2D eigenvalue weighted by atomic mass is 9.97. The molecule has 0 fully saturated rings. The van der Waals surface area contributed by atoms with Gasteiger partial charge >= 0.3 is 0 Å². The SMILES string of the molecule is COc1ccc(-n2cc(COCc3cccc(-c4ccccc4)c3C)nn2)cc1. The Kier molecular flexibility index (Phi) is 5.68. The molecule has 1 aromatic heterocycles. The van der Waals surface area contributed by atoms with Gasteiger partial charge in [-0.3, -0.25) is 0 Å². The second-order valence-corrected chi connectivity index (χ2v) is 6.80. The molecule has 0 atom stereocenters. The molecule has 0 aliphatic rings. The highest BCUT2D eigenvalue weighted by Gasteiger charge is 2.08. The van der Waals surface area contributed by atoms with E-state index in [1.807, 2.05) is 36.5 Å². The van der Waals surface area contributed by atoms with Gasteiger partial charge in [0.15, 0.2) is 0 Å². The zero-order valence-corrected chi connectivity index (χ0v) is 16.6. The number of benzene rings is 3. The first-order chi connectivity index (χ1) is 14.2. The van der Waals surface area contributed by atoms with Crippen molar-refractivity contribution >= 4 is 0 Å². The quantitative estimate of drug-likeness (QED) is 0.451. The van der Waals surface area contributed by atoms with Gasteiger partial charge in [0, 0.05) is 0 Å². The maximum absolute atomic E-state index is 5.93. The molecule has 0 saturated carbocycles. The van der Waals surface area contributed by atoms with Crippen LogP contribution in [-0.2, 0) is 18.0 Å². The lowest BCUT2D eigenvalue weighted by Crippen LogP contribution is -1.98. The summed E-state index contributed by atoms with van der Waals surface area (Å²) in [4.78, 5) is 0. The van der Waals surface area contributed by atoms with Crippen molar-refractivity contribution in [3.05, 3.63) is 95.8 Å². The van der Waals surface area contributed by atoms with Crippen molar-refractivity contribution < 1.29 is 9.47 Å². The highest BCUT2D eigenvalue weighted by Crippen LogP contribution is 2.26. The van der Waals surface area contributed by atoms with Gasteiger partial charge in [-0.05, 0) is 53.4 Å². The van der Waals surface area contributed by atoms with E-state index in [1.165, 1.54) is 22.3 Å². The third-order valence-electron chi connectivity index (χ3n) is 4.92. The molecule has 5 heteroatoms. The first-order valence-corrected chi connectivity index (χ1v) is 9.52. The molecule has 0 aliphatic heterocycles. The number of hydrogen-bond acceptors (Lipinski definition) is 4. The Bertz CT molecular complexity index is 1070. The topological polar surface area (TPSA) is 49.2 Å². The third-order valence-corrected chi connectivity index (χ3v) is 4.92. The number of ether oxygens (including phenoxy) is 2. The summed E-state index contributed by atoms with van der Waals surface area (Å²) in [6, 6.07) is 24.4. The molecule has 4 aromatic rings. The predicted octanol–water partition coefficient (Wildman–Crippen LogP) is 4.97. The van der Waals surface area contributed by atoms with Crippen molar-refractivity contribution in [2.75, 3.05) is 7.11 Å². The van der Waals surface area contributed by atoms with Crippen LogP contribution in [0.5, 0.6) is 5.75 Å². The Hall–Kier alpha value is -3.44. The van der Waals surface area contributed by atoms with Gasteiger partial charge in [-0.25, -0.2) is 4.68 Å². The lowest BCUT2D eigenvalue weighted by molar-refractivity contribution is 0.104. The average Bonchev–Trinajstić information content (AvgIpc) is 3.24. The monoisotopic (exact) mass is 385 g/mol. The molecule has 3 aromatic carbocycles. The number of aromatic nitrogens is 3. The van der Waals surface area contributed by atoms with Gasteiger partial charge in [-0.1, -0.05) is 53.7 Å². The van der Waals surface area contributed by atoms with Gasteiger partial charge in [0.2, 0.25) is 0 Å². The fourth-order valence-electron chi connectivity index (χ4n) is 3.26. The molecular formula is C24H23N3O2. The smallest absolute Gasteiger partial charge is 0.119 e. The Balaban J connectivity index is 1.40. The molecule has 146 valence electrons. The van der Waals surface area contributed by atoms with Gasteiger partial charge in [0.1, 0.15) is 11.4 Å². The molecule has 29 heavy (non-hydrogen) atoms. The Morgan fingerprint density at radius 2 is 1.66 bits per heavy atom. The summed E-state index contributed by atoms with van der Waals surface area (Å²) in [6.07, 6.45) is 1.88. The third kappa shape index (κ3) is 4.36. The first kappa shape index (κ1) is 18.9. The largest absolute Gasteiger partial charge is 0.497 e. The van der Waals surface area contributed by atoms with Gasteiger partial charge in [-0.15, -0.1) is 5.10 Å². The molecule has 1 heterocycles. The Labute approximate surface area is 170 Å². The number of methoxy groups -OCH3 is 1. The summed E-state index contributed by atoms with van der Waals surface area (Å²) in [5.41, 5.74) is 6.58. The van der Waals surface area contributed by atoms with E-state index in [0.717, 1.165) is 17.1 Å². The molecule has 0 spiro atoms. The molecule has 0 saturated heterocycles. The predicted molar refractivity (Wildman–Crippen MR) is 113 cm³/mol. The Morgan fingerprint density at radius 3 is 2.41 bits per heavy atom. The van der Waals surface area contributed by atoms with Gasteiger partial charge in [0.25, 0.3) is 0 Å². The molecule has 0 unspecified atom stereocenters. The van der Waals surface area contributed by atoms with Crippen LogP contribution in [0.25, 0.3) is 16.8 Å². The fourth-order valence-corrected chi connectivity index (χ4v) is 3.26. The van der Waals surface area contributed by atoms with E-state index in [-0.39, 0.29) is 0 Å². The van der Waals surface area contributed by atoms with Crippen LogP contribution in [0.3, 0.4) is 0 Å². The zero-order chi connectivity index (χ0) is 20.1. The molecule has 0 amide bonds. The zero-order valence-electron chi connectivity index (χ0n) is 16.6. The Morgan fingerprint density at radius 1 is 0.862 bits per heavy atom.